The van der Waals surface area contributed by atoms with Gasteiger partial charge in [0, 0.05) is 23.0 Å². The monoisotopic (exact) mass is 465 g/mol. The second kappa shape index (κ2) is 8.01. The summed E-state index contributed by atoms with van der Waals surface area (Å²) in [5, 5.41) is 1.10. The van der Waals surface area contributed by atoms with E-state index in [0.29, 0.717) is 18.0 Å². The summed E-state index contributed by atoms with van der Waals surface area (Å²) in [6.45, 7) is 4.25. The molecule has 0 bridgehead atoms. The Bertz CT molecular complexity index is 1440. The standard InChI is InChI=1S/C29H27N3O3/c1-17(2)18-8-12-20(13-9-18)31-28(33)25-16-23-22-6-4-5-7-24(22)30-26(23)27(32(25)29(31)34)19-10-14-21(35-3)15-11-19/h4-15,17,25,27,30H,16H2,1-3H3. The highest BCUT2D eigenvalue weighted by Gasteiger charge is 2.53. The number of benzene rings is 3. The summed E-state index contributed by atoms with van der Waals surface area (Å²) in [6, 6.07) is 22.3. The molecule has 3 heterocycles. The van der Waals surface area contributed by atoms with E-state index in [-0.39, 0.29) is 11.9 Å². The Morgan fingerprint density at radius 3 is 2.34 bits per heavy atom. The first-order valence-corrected chi connectivity index (χ1v) is 12.0. The van der Waals surface area contributed by atoms with Gasteiger partial charge in [-0.25, -0.2) is 9.69 Å². The van der Waals surface area contributed by atoms with Crippen LogP contribution in [0.4, 0.5) is 10.5 Å². The number of amides is 3. The average Bonchev–Trinajstić information content (AvgIpc) is 3.37. The lowest BCUT2D eigenvalue weighted by molar-refractivity contribution is -0.120. The number of nitrogens with zero attached hydrogens (tertiary/aromatic N) is 2. The van der Waals surface area contributed by atoms with E-state index >= 15 is 0 Å². The number of methoxy groups -OCH3 is 1. The Balaban J connectivity index is 1.48. The van der Waals surface area contributed by atoms with Crippen LogP contribution in [0, 0.1) is 0 Å². The molecule has 1 fully saturated rings. The highest BCUT2D eigenvalue weighted by atomic mass is 16.5. The number of aromatic amines is 1. The second-order valence-corrected chi connectivity index (χ2v) is 9.57. The number of carbonyl (C=O) groups is 2. The van der Waals surface area contributed by atoms with Crippen LogP contribution in [0.15, 0.2) is 72.8 Å². The van der Waals surface area contributed by atoms with Gasteiger partial charge in [0.1, 0.15) is 17.8 Å². The van der Waals surface area contributed by atoms with Crippen LogP contribution in [0.1, 0.15) is 48.2 Å². The van der Waals surface area contributed by atoms with Crippen molar-refractivity contribution in [3.05, 3.63) is 95.2 Å². The Hall–Kier alpha value is -4.06. The second-order valence-electron chi connectivity index (χ2n) is 9.57. The Labute approximate surface area is 204 Å². The normalized spacial score (nSPS) is 19.4. The van der Waals surface area contributed by atoms with Gasteiger partial charge in [0.25, 0.3) is 5.91 Å². The van der Waals surface area contributed by atoms with Gasteiger partial charge < -0.3 is 9.72 Å². The zero-order chi connectivity index (χ0) is 24.3. The number of urea groups is 1. The van der Waals surface area contributed by atoms with Crippen LogP contribution >= 0.6 is 0 Å². The number of fused-ring (bicyclic) bond motifs is 4. The number of para-hydroxylation sites is 1. The number of ether oxygens (including phenoxy) is 1. The third-order valence-electron chi connectivity index (χ3n) is 7.30. The first kappa shape index (κ1) is 21.5. The van der Waals surface area contributed by atoms with Crippen molar-refractivity contribution < 1.29 is 14.3 Å². The number of aromatic nitrogens is 1. The summed E-state index contributed by atoms with van der Waals surface area (Å²) in [6.07, 6.45) is 0.483. The van der Waals surface area contributed by atoms with E-state index in [1.54, 1.807) is 12.0 Å². The summed E-state index contributed by atoms with van der Waals surface area (Å²) >= 11 is 0. The molecule has 1 saturated heterocycles. The minimum atomic E-state index is -0.564. The molecule has 6 heteroatoms. The van der Waals surface area contributed by atoms with Gasteiger partial charge in [-0.05, 0) is 52.9 Å². The fourth-order valence-electron chi connectivity index (χ4n) is 5.45. The number of H-pyrrole nitrogens is 1. The molecule has 0 aliphatic carbocycles. The van der Waals surface area contributed by atoms with Crippen LogP contribution in [-0.2, 0) is 11.2 Å². The van der Waals surface area contributed by atoms with Crippen molar-refractivity contribution in [3.8, 4) is 5.75 Å². The molecule has 0 spiro atoms. The van der Waals surface area contributed by atoms with E-state index in [1.165, 1.54) is 10.5 Å². The van der Waals surface area contributed by atoms with Crippen LogP contribution in [0.3, 0.4) is 0 Å². The third kappa shape index (κ3) is 3.24. The third-order valence-corrected chi connectivity index (χ3v) is 7.30. The number of hydrogen-bond acceptors (Lipinski definition) is 3. The van der Waals surface area contributed by atoms with Gasteiger partial charge in [-0.2, -0.15) is 0 Å². The van der Waals surface area contributed by atoms with Crippen molar-refractivity contribution >= 4 is 28.5 Å². The van der Waals surface area contributed by atoms with Crippen LogP contribution < -0.4 is 9.64 Å². The van der Waals surface area contributed by atoms with Gasteiger partial charge in [-0.1, -0.05) is 56.3 Å². The summed E-state index contributed by atoms with van der Waals surface area (Å²) in [4.78, 5) is 34.3. The smallest absolute Gasteiger partial charge is 0.332 e. The van der Waals surface area contributed by atoms with Crippen molar-refractivity contribution in [1.82, 2.24) is 9.88 Å². The number of hydrogen-bond donors (Lipinski definition) is 1. The molecule has 3 aromatic carbocycles. The molecule has 3 amide bonds. The maximum atomic E-state index is 13.9. The number of rotatable bonds is 4. The molecule has 4 aromatic rings. The average molecular weight is 466 g/mol. The van der Waals surface area contributed by atoms with Crippen LogP contribution in [0.2, 0.25) is 0 Å². The van der Waals surface area contributed by atoms with Gasteiger partial charge >= 0.3 is 6.03 Å². The van der Waals surface area contributed by atoms with Crippen molar-refractivity contribution in [2.45, 2.75) is 38.3 Å². The number of nitrogens with one attached hydrogen (secondary N) is 1. The molecular formula is C29H27N3O3. The molecule has 2 aliphatic heterocycles. The highest BCUT2D eigenvalue weighted by Crippen LogP contribution is 2.45. The van der Waals surface area contributed by atoms with Gasteiger partial charge in [-0.15, -0.1) is 0 Å². The molecule has 1 N–H and O–H groups in total. The number of carbonyl (C=O) groups excluding carboxylic acids is 2. The zero-order valence-electron chi connectivity index (χ0n) is 20.0. The lowest BCUT2D eigenvalue weighted by Gasteiger charge is -2.36. The van der Waals surface area contributed by atoms with Crippen molar-refractivity contribution in [2.24, 2.45) is 0 Å². The molecule has 6 rings (SSSR count). The fraction of sp³-hybridized carbons (Fsp3) is 0.241. The minimum Gasteiger partial charge on any atom is -0.497 e. The molecule has 0 radical (unpaired) electrons. The molecule has 2 atom stereocenters. The maximum absolute atomic E-state index is 13.9. The lowest BCUT2D eigenvalue weighted by atomic mass is 9.89. The summed E-state index contributed by atoms with van der Waals surface area (Å²) in [7, 11) is 1.63. The largest absolute Gasteiger partial charge is 0.497 e. The van der Waals surface area contributed by atoms with Crippen LogP contribution in [0.5, 0.6) is 5.75 Å². The maximum Gasteiger partial charge on any atom is 0.332 e. The van der Waals surface area contributed by atoms with E-state index in [0.717, 1.165) is 33.5 Å². The van der Waals surface area contributed by atoms with E-state index in [2.05, 4.69) is 24.9 Å². The Morgan fingerprint density at radius 1 is 0.943 bits per heavy atom. The lowest BCUT2D eigenvalue weighted by Crippen LogP contribution is -2.44. The van der Waals surface area contributed by atoms with Crippen LogP contribution in [0.25, 0.3) is 10.9 Å². The molecule has 1 aromatic heterocycles. The molecule has 176 valence electrons. The quantitative estimate of drug-likeness (QED) is 0.389. The van der Waals surface area contributed by atoms with Crippen molar-refractivity contribution in [1.29, 1.82) is 0 Å². The van der Waals surface area contributed by atoms with E-state index < -0.39 is 12.1 Å². The molecule has 2 unspecified atom stereocenters. The van der Waals surface area contributed by atoms with E-state index in [1.807, 2.05) is 66.7 Å². The number of anilines is 1. The van der Waals surface area contributed by atoms with Gasteiger partial charge in [0.05, 0.1) is 12.8 Å². The van der Waals surface area contributed by atoms with E-state index in [4.69, 9.17) is 4.74 Å². The highest BCUT2D eigenvalue weighted by molar-refractivity contribution is 6.22. The molecule has 0 saturated carbocycles. The number of imide groups is 1. The fourth-order valence-corrected chi connectivity index (χ4v) is 5.45. The minimum absolute atomic E-state index is 0.179. The molecular weight excluding hydrogens is 438 g/mol. The first-order chi connectivity index (χ1) is 17.0. The van der Waals surface area contributed by atoms with Gasteiger partial charge in [-0.3, -0.25) is 9.69 Å². The van der Waals surface area contributed by atoms with Gasteiger partial charge in [0.2, 0.25) is 0 Å². The predicted molar refractivity (Wildman–Crippen MR) is 136 cm³/mol. The zero-order valence-corrected chi connectivity index (χ0v) is 20.0. The van der Waals surface area contributed by atoms with E-state index in [9.17, 15) is 9.59 Å². The van der Waals surface area contributed by atoms with Crippen molar-refractivity contribution in [2.75, 3.05) is 12.0 Å². The molecule has 6 nitrogen and oxygen atoms in total. The molecule has 35 heavy (non-hydrogen) atoms. The topological polar surface area (TPSA) is 65.6 Å². The first-order valence-electron chi connectivity index (χ1n) is 12.0. The molecule has 2 aliphatic rings. The predicted octanol–water partition coefficient (Wildman–Crippen LogP) is 5.78. The SMILES string of the molecule is COc1ccc(C2c3[nH]c4ccccc4c3CC3C(=O)N(c4ccc(C(C)C)cc4)C(=O)N32)cc1. The summed E-state index contributed by atoms with van der Waals surface area (Å²) in [5.74, 6) is 0.938. The summed E-state index contributed by atoms with van der Waals surface area (Å²) < 4.78 is 5.35. The van der Waals surface area contributed by atoms with Crippen LogP contribution in [-0.4, -0.2) is 35.0 Å². The Morgan fingerprint density at radius 2 is 1.66 bits per heavy atom. The van der Waals surface area contributed by atoms with Crippen molar-refractivity contribution in [3.63, 3.8) is 0 Å². The van der Waals surface area contributed by atoms with Gasteiger partial charge in [0.15, 0.2) is 0 Å². The Kier molecular flexibility index (Phi) is 4.92. The summed E-state index contributed by atoms with van der Waals surface area (Å²) in [5.41, 5.74) is 5.79.